The van der Waals surface area contributed by atoms with Crippen LogP contribution in [0.2, 0.25) is 0 Å². The first-order chi connectivity index (χ1) is 7.63. The van der Waals surface area contributed by atoms with Gasteiger partial charge in [0.15, 0.2) is 0 Å². The minimum absolute atomic E-state index is 0.638. The Morgan fingerprint density at radius 2 is 1.50 bits per heavy atom. The van der Waals surface area contributed by atoms with Gasteiger partial charge < -0.3 is 4.90 Å². The van der Waals surface area contributed by atoms with Crippen LogP contribution in [0.5, 0.6) is 0 Å². The summed E-state index contributed by atoms with van der Waals surface area (Å²) in [6.07, 6.45) is 3.59. The first-order valence-electron chi connectivity index (χ1n) is 6.41. The van der Waals surface area contributed by atoms with Gasteiger partial charge >= 0.3 is 0 Å². The lowest BCUT2D eigenvalue weighted by molar-refractivity contribution is 0.277. The molecule has 1 nitrogen and oxygen atoms in total. The van der Waals surface area contributed by atoms with Gasteiger partial charge in [-0.15, -0.1) is 0 Å². The molecule has 0 aliphatic heterocycles. The molecule has 0 aliphatic rings. The predicted molar refractivity (Wildman–Crippen MR) is 71.9 cm³/mol. The zero-order valence-corrected chi connectivity index (χ0v) is 11.2. The Hall–Kier alpha value is -0.820. The minimum atomic E-state index is 0.638. The average Bonchev–Trinajstić information content (AvgIpc) is 2.28. The van der Waals surface area contributed by atoms with Crippen molar-refractivity contribution in [1.29, 1.82) is 0 Å². The Kier molecular flexibility index (Phi) is 5.54. The van der Waals surface area contributed by atoms with Crippen molar-refractivity contribution in [3.63, 3.8) is 0 Å². The highest BCUT2D eigenvalue weighted by Gasteiger charge is 2.02. The Labute approximate surface area is 100 Å². The molecule has 0 radical (unpaired) electrons. The summed E-state index contributed by atoms with van der Waals surface area (Å²) in [7, 11) is 2.19. The molecule has 0 N–H and O–H groups in total. The summed E-state index contributed by atoms with van der Waals surface area (Å²) >= 11 is 0. The molecule has 1 heteroatoms. The summed E-state index contributed by atoms with van der Waals surface area (Å²) < 4.78 is 0. The van der Waals surface area contributed by atoms with Crippen molar-refractivity contribution >= 4 is 0 Å². The highest BCUT2D eigenvalue weighted by molar-refractivity contribution is 5.22. The average molecular weight is 219 g/mol. The molecular formula is C15H25N. The zero-order valence-electron chi connectivity index (χ0n) is 11.2. The highest BCUT2D eigenvalue weighted by Crippen LogP contribution is 2.08. The van der Waals surface area contributed by atoms with Crippen LogP contribution in [0.15, 0.2) is 24.3 Å². The third-order valence-corrected chi connectivity index (χ3v) is 3.20. The molecule has 0 aromatic heterocycles. The molecule has 0 saturated heterocycles. The lowest BCUT2D eigenvalue weighted by Crippen LogP contribution is -2.28. The molecule has 90 valence electrons. The van der Waals surface area contributed by atoms with Gasteiger partial charge in [0, 0.05) is 12.6 Å². The molecule has 0 unspecified atom stereocenters. The number of hydrogen-bond donors (Lipinski definition) is 0. The van der Waals surface area contributed by atoms with Crippen LogP contribution in [0.1, 0.15) is 38.3 Å². The van der Waals surface area contributed by atoms with Crippen molar-refractivity contribution in [2.75, 3.05) is 13.6 Å². The molecule has 0 amide bonds. The van der Waals surface area contributed by atoms with E-state index in [1.165, 1.54) is 24.0 Å². The van der Waals surface area contributed by atoms with E-state index in [1.807, 2.05) is 0 Å². The molecule has 1 rings (SSSR count). The Bertz CT molecular complexity index is 287. The van der Waals surface area contributed by atoms with Crippen molar-refractivity contribution in [3.8, 4) is 0 Å². The fourth-order valence-corrected chi connectivity index (χ4v) is 1.72. The highest BCUT2D eigenvalue weighted by atomic mass is 15.1. The first-order valence-corrected chi connectivity index (χ1v) is 6.41. The molecule has 0 aliphatic carbocycles. The molecule has 0 spiro atoms. The number of hydrogen-bond acceptors (Lipinski definition) is 1. The monoisotopic (exact) mass is 219 g/mol. The van der Waals surface area contributed by atoms with E-state index in [9.17, 15) is 0 Å². The molecule has 1 aromatic carbocycles. The van der Waals surface area contributed by atoms with E-state index in [0.717, 1.165) is 13.0 Å². The summed E-state index contributed by atoms with van der Waals surface area (Å²) in [6.45, 7) is 7.85. The third-order valence-electron chi connectivity index (χ3n) is 3.20. The van der Waals surface area contributed by atoms with Crippen LogP contribution in [0.25, 0.3) is 0 Å². The molecular weight excluding hydrogens is 194 g/mol. The van der Waals surface area contributed by atoms with Gasteiger partial charge in [-0.2, -0.15) is 0 Å². The second-order valence-corrected chi connectivity index (χ2v) is 4.89. The van der Waals surface area contributed by atoms with Crippen LogP contribution < -0.4 is 0 Å². The maximum atomic E-state index is 2.39. The van der Waals surface area contributed by atoms with Gasteiger partial charge in [-0.05, 0) is 44.9 Å². The maximum Gasteiger partial charge on any atom is 0.00356 e. The van der Waals surface area contributed by atoms with Gasteiger partial charge in [0.2, 0.25) is 0 Å². The lowest BCUT2D eigenvalue weighted by atomic mass is 10.1. The summed E-state index contributed by atoms with van der Waals surface area (Å²) in [5.74, 6) is 0. The van der Waals surface area contributed by atoms with Gasteiger partial charge in [0.05, 0.1) is 0 Å². The van der Waals surface area contributed by atoms with Crippen LogP contribution in [0.4, 0.5) is 0 Å². The van der Waals surface area contributed by atoms with E-state index in [4.69, 9.17) is 0 Å². The Morgan fingerprint density at radius 3 is 1.94 bits per heavy atom. The summed E-state index contributed by atoms with van der Waals surface area (Å²) in [6, 6.07) is 9.74. The van der Waals surface area contributed by atoms with E-state index < -0.39 is 0 Å². The van der Waals surface area contributed by atoms with Gasteiger partial charge in [-0.25, -0.2) is 0 Å². The predicted octanol–water partition coefficient (Wildman–Crippen LogP) is 3.52. The fourth-order valence-electron chi connectivity index (χ4n) is 1.72. The van der Waals surface area contributed by atoms with Crippen molar-refractivity contribution in [2.24, 2.45) is 0 Å². The quantitative estimate of drug-likeness (QED) is 0.707. The van der Waals surface area contributed by atoms with E-state index >= 15 is 0 Å². The van der Waals surface area contributed by atoms with E-state index in [2.05, 4.69) is 57.0 Å². The molecule has 1 aromatic rings. The first kappa shape index (κ1) is 13.2. The van der Waals surface area contributed by atoms with Crippen LogP contribution in [-0.2, 0) is 12.8 Å². The van der Waals surface area contributed by atoms with Crippen molar-refractivity contribution in [3.05, 3.63) is 35.4 Å². The Balaban J connectivity index is 2.43. The van der Waals surface area contributed by atoms with Gasteiger partial charge in [-0.1, -0.05) is 37.6 Å². The molecule has 0 bridgehead atoms. The number of nitrogens with zero attached hydrogens (tertiary/aromatic N) is 1. The van der Waals surface area contributed by atoms with Crippen molar-refractivity contribution in [1.82, 2.24) is 4.90 Å². The topological polar surface area (TPSA) is 3.24 Å². The molecule has 0 heterocycles. The second-order valence-electron chi connectivity index (χ2n) is 4.89. The van der Waals surface area contributed by atoms with Crippen molar-refractivity contribution in [2.45, 2.75) is 46.1 Å². The second kappa shape index (κ2) is 6.70. The largest absolute Gasteiger partial charge is 0.304 e. The van der Waals surface area contributed by atoms with Crippen LogP contribution in [0.3, 0.4) is 0 Å². The zero-order chi connectivity index (χ0) is 12.0. The SMILES string of the molecule is CCCc1ccc(CCN(C)C(C)C)cc1. The van der Waals surface area contributed by atoms with Crippen LogP contribution in [-0.4, -0.2) is 24.5 Å². The molecule has 0 saturated carbocycles. The van der Waals surface area contributed by atoms with Gasteiger partial charge in [0.1, 0.15) is 0 Å². The summed E-state index contributed by atoms with van der Waals surface area (Å²) in [5, 5.41) is 0. The fraction of sp³-hybridized carbons (Fsp3) is 0.600. The van der Waals surface area contributed by atoms with Gasteiger partial charge in [-0.3, -0.25) is 0 Å². The van der Waals surface area contributed by atoms with Crippen LogP contribution >= 0.6 is 0 Å². The summed E-state index contributed by atoms with van der Waals surface area (Å²) in [5.41, 5.74) is 2.91. The third kappa shape index (κ3) is 4.36. The minimum Gasteiger partial charge on any atom is -0.304 e. The smallest absolute Gasteiger partial charge is 0.00356 e. The number of benzene rings is 1. The molecule has 16 heavy (non-hydrogen) atoms. The van der Waals surface area contributed by atoms with Crippen LogP contribution in [0, 0.1) is 0 Å². The Morgan fingerprint density at radius 1 is 1.00 bits per heavy atom. The maximum absolute atomic E-state index is 2.39. The van der Waals surface area contributed by atoms with E-state index in [0.29, 0.717) is 6.04 Å². The molecule has 0 atom stereocenters. The normalized spacial score (nSPS) is 11.4. The van der Waals surface area contributed by atoms with E-state index in [1.54, 1.807) is 0 Å². The van der Waals surface area contributed by atoms with E-state index in [-0.39, 0.29) is 0 Å². The van der Waals surface area contributed by atoms with Gasteiger partial charge in [0.25, 0.3) is 0 Å². The summed E-state index contributed by atoms with van der Waals surface area (Å²) in [4.78, 5) is 2.39. The number of aryl methyl sites for hydroxylation is 1. The molecule has 0 fully saturated rings. The standard InChI is InChI=1S/C15H25N/c1-5-6-14-7-9-15(10-8-14)11-12-16(4)13(2)3/h7-10,13H,5-6,11-12H2,1-4H3. The number of rotatable bonds is 6. The lowest BCUT2D eigenvalue weighted by Gasteiger charge is -2.20. The van der Waals surface area contributed by atoms with Crippen molar-refractivity contribution < 1.29 is 0 Å². The number of likely N-dealkylation sites (N-methyl/N-ethyl adjacent to an activating group) is 1.